The summed E-state index contributed by atoms with van der Waals surface area (Å²) in [5, 5.41) is 0. The molecule has 5 atom stereocenters. The van der Waals surface area contributed by atoms with Gasteiger partial charge in [-0.25, -0.2) is 0 Å². The zero-order valence-electron chi connectivity index (χ0n) is 31.3. The number of hydrogen-bond donors (Lipinski definition) is 0. The van der Waals surface area contributed by atoms with Crippen LogP contribution in [0.2, 0.25) is 0 Å². The zero-order valence-corrected chi connectivity index (χ0v) is 36.7. The van der Waals surface area contributed by atoms with Crippen molar-refractivity contribution in [1.82, 2.24) is 0 Å². The summed E-state index contributed by atoms with van der Waals surface area (Å²) in [6.07, 6.45) is 6.58. The molecule has 0 aromatic rings. The summed E-state index contributed by atoms with van der Waals surface area (Å²) in [5.41, 5.74) is 0. The summed E-state index contributed by atoms with van der Waals surface area (Å²) in [7, 11) is 0. The molecule has 3 unspecified atom stereocenters. The van der Waals surface area contributed by atoms with Crippen molar-refractivity contribution < 1.29 is 37.9 Å². The van der Waals surface area contributed by atoms with Gasteiger partial charge in [-0.3, -0.25) is 0 Å². The van der Waals surface area contributed by atoms with E-state index in [-0.39, 0.29) is 18.3 Å². The molecule has 1 aliphatic heterocycles. The van der Waals surface area contributed by atoms with Crippen LogP contribution in [0, 0.1) is 0 Å². The summed E-state index contributed by atoms with van der Waals surface area (Å²) in [5.74, 6) is 9.06. The van der Waals surface area contributed by atoms with Crippen molar-refractivity contribution >= 4 is 69.6 Å². The Balaban J connectivity index is 3.06. The van der Waals surface area contributed by atoms with E-state index in [9.17, 15) is 0 Å². The maximum atomic E-state index is 6.75. The Hall–Kier alpha value is 1.81. The molecule has 13 heteroatoms. The molecule has 8 nitrogen and oxygen atoms in total. The van der Waals surface area contributed by atoms with Crippen molar-refractivity contribution in [2.24, 2.45) is 0 Å². The van der Waals surface area contributed by atoms with E-state index in [0.29, 0.717) is 59.5 Å². The minimum atomic E-state index is -0.601. The van der Waals surface area contributed by atoms with Gasteiger partial charge in [0.15, 0.2) is 6.29 Å². The van der Waals surface area contributed by atoms with Crippen LogP contribution in [0.25, 0.3) is 0 Å². The zero-order chi connectivity index (χ0) is 35.5. The molecule has 0 aromatic heterocycles. The molecular weight excluding hydrogens is 816 g/mol. The molecule has 0 N–H and O–H groups in total. The third kappa shape index (κ3) is 27.1. The molecule has 0 aromatic carbocycles. The topological polar surface area (TPSA) is 73.8 Å². The average molecular weight is 887 g/mol. The van der Waals surface area contributed by atoms with E-state index in [1.54, 1.807) is 0 Å². The fourth-order valence-electron chi connectivity index (χ4n) is 4.90. The first-order valence-electron chi connectivity index (χ1n) is 18.9. The van der Waals surface area contributed by atoms with Crippen LogP contribution in [0.1, 0.15) is 79.1 Å². The van der Waals surface area contributed by atoms with Crippen LogP contribution in [0.5, 0.6) is 0 Å². The first-order valence-corrected chi connectivity index (χ1v) is 25.1. The van der Waals surface area contributed by atoms with E-state index in [1.165, 1.54) is 46.7 Å². The van der Waals surface area contributed by atoms with Crippen LogP contribution in [-0.4, -0.2) is 147 Å². The second kappa shape index (κ2) is 38.1. The summed E-state index contributed by atoms with van der Waals surface area (Å²) in [6, 6.07) is 0. The van der Waals surface area contributed by atoms with Gasteiger partial charge in [-0.2, -0.15) is 47.0 Å². The van der Waals surface area contributed by atoms with Crippen LogP contribution in [0.3, 0.4) is 0 Å². The van der Waals surface area contributed by atoms with Crippen LogP contribution < -0.4 is 0 Å². The minimum absolute atomic E-state index is 0.306. The van der Waals surface area contributed by atoms with Gasteiger partial charge in [-0.05, 0) is 91.6 Å². The van der Waals surface area contributed by atoms with E-state index in [1.807, 2.05) is 47.0 Å². The minimum Gasteiger partial charge on any atom is -0.379 e. The van der Waals surface area contributed by atoms with Crippen molar-refractivity contribution in [3.05, 3.63) is 0 Å². The van der Waals surface area contributed by atoms with Crippen molar-refractivity contribution in [2.75, 3.05) is 117 Å². The Labute approximate surface area is 331 Å². The van der Waals surface area contributed by atoms with E-state index < -0.39 is 12.4 Å². The summed E-state index contributed by atoms with van der Waals surface area (Å²) in [6.45, 7) is 14.6. The predicted octanol–water partition coefficient (Wildman–Crippen LogP) is 8.50. The molecule has 49 heavy (non-hydrogen) atoms. The molecule has 1 rings (SSSR count). The highest BCUT2D eigenvalue weighted by Crippen LogP contribution is 2.30. The molecule has 0 spiro atoms. The van der Waals surface area contributed by atoms with Gasteiger partial charge in [0.25, 0.3) is 0 Å². The summed E-state index contributed by atoms with van der Waals surface area (Å²) >= 11 is 10.4. The number of rotatable bonds is 38. The van der Waals surface area contributed by atoms with Gasteiger partial charge in [0.1, 0.15) is 24.4 Å². The molecule has 0 aliphatic carbocycles. The standard InChI is InChI=1S/C36H71IO8S4/c1-5-14-38-19-20-39-21-22-44-36-35(43-18-12-29-48-25-8-4)34(42-17-11-28-47-24-7-3)33(41-16-10-27-46-23-6-2)32(45-36)31-40-15-9-26-49-30-13-37/h32-36H,5-31H2,1-4H3/t32?,33-,34?,35?,36-/m1/s1. The average Bonchev–Trinajstić information content (AvgIpc) is 3.11. The Kier molecular flexibility index (Phi) is 38.0. The van der Waals surface area contributed by atoms with Gasteiger partial charge < -0.3 is 37.9 Å². The number of hydrogen-bond acceptors (Lipinski definition) is 12. The molecule has 1 fully saturated rings. The van der Waals surface area contributed by atoms with Gasteiger partial charge >= 0.3 is 0 Å². The fourth-order valence-corrected chi connectivity index (χ4v) is 8.92. The number of alkyl halides is 1. The molecule has 0 saturated carbocycles. The van der Waals surface area contributed by atoms with Gasteiger partial charge in [-0.1, -0.05) is 50.3 Å². The van der Waals surface area contributed by atoms with Crippen molar-refractivity contribution in [1.29, 1.82) is 0 Å². The molecule has 1 aliphatic rings. The Morgan fingerprint density at radius 3 is 1.49 bits per heavy atom. The maximum absolute atomic E-state index is 6.75. The lowest BCUT2D eigenvalue weighted by Gasteiger charge is -2.46. The lowest BCUT2D eigenvalue weighted by atomic mass is 9.98. The smallest absolute Gasteiger partial charge is 0.187 e. The lowest BCUT2D eigenvalue weighted by Crippen LogP contribution is -2.62. The molecule has 0 radical (unpaired) electrons. The SMILES string of the molecule is CCCOCCOCCO[C@@H]1OC(COCCCSCCI)[C@@H](OCCCSCCC)C(OCCCSCCC)C1OCCCSCCC. The van der Waals surface area contributed by atoms with Crippen LogP contribution in [0.15, 0.2) is 0 Å². The Bertz CT molecular complexity index is 679. The van der Waals surface area contributed by atoms with Crippen LogP contribution >= 0.6 is 69.6 Å². The normalized spacial score (nSPS) is 21.1. The highest BCUT2D eigenvalue weighted by molar-refractivity contribution is 14.1. The number of thioether (sulfide) groups is 4. The third-order valence-corrected chi connectivity index (χ3v) is 13.3. The number of halogens is 1. The van der Waals surface area contributed by atoms with E-state index in [0.717, 1.165) is 61.7 Å². The lowest BCUT2D eigenvalue weighted by molar-refractivity contribution is -0.324. The highest BCUT2D eigenvalue weighted by atomic mass is 127. The molecule has 0 amide bonds. The molecule has 0 bridgehead atoms. The maximum Gasteiger partial charge on any atom is 0.187 e. The van der Waals surface area contributed by atoms with Gasteiger partial charge in [0, 0.05) is 43.2 Å². The fraction of sp³-hybridized carbons (Fsp3) is 1.00. The first kappa shape index (κ1) is 48.8. The third-order valence-electron chi connectivity index (χ3n) is 7.18. The molecule has 1 heterocycles. The largest absolute Gasteiger partial charge is 0.379 e. The van der Waals surface area contributed by atoms with Crippen molar-refractivity contribution in [3.8, 4) is 0 Å². The molecule has 294 valence electrons. The van der Waals surface area contributed by atoms with E-state index >= 15 is 0 Å². The second-order valence-electron chi connectivity index (χ2n) is 11.8. The Morgan fingerprint density at radius 2 is 0.939 bits per heavy atom. The first-order chi connectivity index (χ1) is 24.2. The van der Waals surface area contributed by atoms with Crippen LogP contribution in [-0.2, 0) is 37.9 Å². The monoisotopic (exact) mass is 886 g/mol. The quantitative estimate of drug-likeness (QED) is 0.0339. The van der Waals surface area contributed by atoms with E-state index in [4.69, 9.17) is 37.9 Å². The molecular formula is C36H71IO8S4. The highest BCUT2D eigenvalue weighted by Gasteiger charge is 2.48. The van der Waals surface area contributed by atoms with Crippen molar-refractivity contribution in [2.45, 2.75) is 110 Å². The summed E-state index contributed by atoms with van der Waals surface area (Å²) in [4.78, 5) is 0. The summed E-state index contributed by atoms with van der Waals surface area (Å²) < 4.78 is 52.0. The van der Waals surface area contributed by atoms with Gasteiger partial charge in [0.2, 0.25) is 0 Å². The van der Waals surface area contributed by atoms with Gasteiger partial charge in [-0.15, -0.1) is 0 Å². The number of ether oxygens (including phenoxy) is 8. The van der Waals surface area contributed by atoms with Crippen LogP contribution in [0.4, 0.5) is 0 Å². The Morgan fingerprint density at radius 1 is 0.449 bits per heavy atom. The molecule has 1 saturated heterocycles. The second-order valence-corrected chi connectivity index (χ2v) is 17.8. The predicted molar refractivity (Wildman–Crippen MR) is 224 cm³/mol. The van der Waals surface area contributed by atoms with Crippen molar-refractivity contribution in [3.63, 3.8) is 0 Å². The van der Waals surface area contributed by atoms with Gasteiger partial charge in [0.05, 0.1) is 33.0 Å². The van der Waals surface area contributed by atoms with E-state index in [2.05, 4.69) is 50.3 Å².